The van der Waals surface area contributed by atoms with Crippen molar-refractivity contribution < 1.29 is 9.50 Å². The van der Waals surface area contributed by atoms with Gasteiger partial charge < -0.3 is 15.4 Å². The van der Waals surface area contributed by atoms with E-state index in [0.717, 1.165) is 18.4 Å². The highest BCUT2D eigenvalue weighted by molar-refractivity contribution is 5.57. The number of aromatic amines is 2. The van der Waals surface area contributed by atoms with Crippen LogP contribution in [0.2, 0.25) is 0 Å². The lowest BCUT2D eigenvalue weighted by Gasteiger charge is -2.14. The first-order chi connectivity index (χ1) is 15.0. The summed E-state index contributed by atoms with van der Waals surface area (Å²) in [7, 11) is 0. The van der Waals surface area contributed by atoms with Gasteiger partial charge in [0.05, 0.1) is 18.3 Å². The van der Waals surface area contributed by atoms with Gasteiger partial charge in [-0.25, -0.2) is 14.2 Å². The molecule has 1 aromatic carbocycles. The SMILES string of the molecule is CC(Nc1nc(=NC2CC2)n2ncc(=Cc3[nH]c(=O)[nH]c3O)c2n1)c1ccc(F)cc1. The molecule has 1 saturated carbocycles. The molecule has 1 aliphatic rings. The number of halogens is 1. The molecular formula is C20H19FN8O2. The molecule has 1 unspecified atom stereocenters. The molecule has 0 radical (unpaired) electrons. The molecular weight excluding hydrogens is 403 g/mol. The Morgan fingerprint density at radius 1 is 1.29 bits per heavy atom. The van der Waals surface area contributed by atoms with Crippen molar-refractivity contribution in [3.63, 3.8) is 0 Å². The molecule has 1 fully saturated rings. The molecule has 0 amide bonds. The highest BCUT2D eigenvalue weighted by Crippen LogP contribution is 2.22. The van der Waals surface area contributed by atoms with E-state index < -0.39 is 5.69 Å². The highest BCUT2D eigenvalue weighted by Gasteiger charge is 2.21. The summed E-state index contributed by atoms with van der Waals surface area (Å²) >= 11 is 0. The lowest BCUT2D eigenvalue weighted by atomic mass is 10.1. The number of rotatable bonds is 5. The summed E-state index contributed by atoms with van der Waals surface area (Å²) in [5, 5.41) is 18.0. The highest BCUT2D eigenvalue weighted by atomic mass is 19.1. The van der Waals surface area contributed by atoms with Gasteiger partial charge in [-0.3, -0.25) is 4.98 Å². The summed E-state index contributed by atoms with van der Waals surface area (Å²) in [6.45, 7) is 1.92. The third-order valence-corrected chi connectivity index (χ3v) is 4.97. The van der Waals surface area contributed by atoms with Crippen molar-refractivity contribution >= 4 is 17.7 Å². The van der Waals surface area contributed by atoms with Gasteiger partial charge in [0.1, 0.15) is 11.5 Å². The van der Waals surface area contributed by atoms with Crippen LogP contribution in [0, 0.1) is 5.82 Å². The summed E-state index contributed by atoms with van der Waals surface area (Å²) in [6, 6.07) is 6.23. The zero-order chi connectivity index (χ0) is 21.5. The van der Waals surface area contributed by atoms with E-state index in [-0.39, 0.29) is 29.5 Å². The molecule has 0 aliphatic heterocycles. The third kappa shape index (κ3) is 3.89. The molecule has 11 heteroatoms. The Labute approximate surface area is 174 Å². The van der Waals surface area contributed by atoms with Crippen LogP contribution in [0.1, 0.15) is 37.1 Å². The van der Waals surface area contributed by atoms with E-state index in [1.165, 1.54) is 16.6 Å². The first kappa shape index (κ1) is 19.0. The normalized spacial score (nSPS) is 16.2. The second kappa shape index (κ2) is 7.35. The molecule has 1 aliphatic carbocycles. The molecule has 0 spiro atoms. The van der Waals surface area contributed by atoms with Gasteiger partial charge in [0.2, 0.25) is 11.8 Å². The van der Waals surface area contributed by atoms with E-state index in [2.05, 4.69) is 35.3 Å². The van der Waals surface area contributed by atoms with Crippen LogP contribution in [0.15, 0.2) is 40.2 Å². The first-order valence-corrected chi connectivity index (χ1v) is 9.81. The van der Waals surface area contributed by atoms with Gasteiger partial charge in [0, 0.05) is 5.22 Å². The van der Waals surface area contributed by atoms with Gasteiger partial charge in [0.25, 0.3) is 5.62 Å². The maximum atomic E-state index is 13.2. The molecule has 158 valence electrons. The Hall–Kier alpha value is -4.02. The van der Waals surface area contributed by atoms with E-state index >= 15 is 0 Å². The maximum absolute atomic E-state index is 13.2. The number of aromatic nitrogens is 6. The number of anilines is 1. The van der Waals surface area contributed by atoms with Gasteiger partial charge in [0.15, 0.2) is 5.65 Å². The molecule has 0 bridgehead atoms. The minimum absolute atomic E-state index is 0.183. The summed E-state index contributed by atoms with van der Waals surface area (Å²) in [6.07, 6.45) is 5.13. The van der Waals surface area contributed by atoms with Crippen molar-refractivity contribution in [2.24, 2.45) is 4.99 Å². The predicted octanol–water partition coefficient (Wildman–Crippen LogP) is 0.769. The standard InChI is InChI=1S/C20H19FN8O2/c1-10(11-2-4-13(21)5-3-11)23-18-26-16-12(8-15-17(30)27-20(31)25-15)9-22-29(16)19(28-18)24-14-6-7-14/h2-5,8-10,14,30H,6-7H2,1H3,(H,23,24,28)(H2,25,27,31). The van der Waals surface area contributed by atoms with E-state index in [1.807, 2.05) is 6.92 Å². The second-order valence-electron chi connectivity index (χ2n) is 7.45. The Kier molecular flexibility index (Phi) is 4.50. The number of benzene rings is 1. The number of hydrogen-bond acceptors (Lipinski definition) is 7. The van der Waals surface area contributed by atoms with Crippen LogP contribution in [0.4, 0.5) is 10.3 Å². The lowest BCUT2D eigenvalue weighted by Crippen LogP contribution is -2.25. The number of nitrogens with one attached hydrogen (secondary N) is 3. The van der Waals surface area contributed by atoms with Gasteiger partial charge in [-0.05, 0) is 43.5 Å². The monoisotopic (exact) mass is 422 g/mol. The molecule has 31 heavy (non-hydrogen) atoms. The minimum Gasteiger partial charge on any atom is -0.493 e. The molecule has 5 rings (SSSR count). The van der Waals surface area contributed by atoms with Crippen molar-refractivity contribution in [1.29, 1.82) is 0 Å². The van der Waals surface area contributed by atoms with Crippen LogP contribution in [0.5, 0.6) is 5.88 Å². The molecule has 3 heterocycles. The van der Waals surface area contributed by atoms with Gasteiger partial charge >= 0.3 is 5.69 Å². The predicted molar refractivity (Wildman–Crippen MR) is 110 cm³/mol. The number of hydrogen-bond donors (Lipinski definition) is 4. The number of H-pyrrole nitrogens is 2. The van der Waals surface area contributed by atoms with Crippen LogP contribution < -0.4 is 21.8 Å². The van der Waals surface area contributed by atoms with Gasteiger partial charge in [-0.15, -0.1) is 0 Å². The average Bonchev–Trinajstić information content (AvgIpc) is 3.37. The molecule has 4 N–H and O–H groups in total. The van der Waals surface area contributed by atoms with Gasteiger partial charge in [-0.2, -0.15) is 19.6 Å². The molecule has 3 aromatic heterocycles. The fraction of sp³-hybridized carbons (Fsp3) is 0.250. The fourth-order valence-corrected chi connectivity index (χ4v) is 3.17. The number of aromatic hydroxyl groups is 1. The molecule has 10 nitrogen and oxygen atoms in total. The zero-order valence-corrected chi connectivity index (χ0v) is 16.5. The van der Waals surface area contributed by atoms with E-state index in [0.29, 0.717) is 22.4 Å². The first-order valence-electron chi connectivity index (χ1n) is 9.81. The van der Waals surface area contributed by atoms with E-state index in [4.69, 9.17) is 0 Å². The minimum atomic E-state index is -0.519. The topological polar surface area (TPSA) is 136 Å². The maximum Gasteiger partial charge on any atom is 0.326 e. The van der Waals surface area contributed by atoms with Gasteiger partial charge in [-0.1, -0.05) is 12.1 Å². The zero-order valence-electron chi connectivity index (χ0n) is 16.5. The van der Waals surface area contributed by atoms with E-state index in [1.54, 1.807) is 24.4 Å². The Morgan fingerprint density at radius 3 is 2.74 bits per heavy atom. The van der Waals surface area contributed by atoms with Crippen LogP contribution in [0.3, 0.4) is 0 Å². The van der Waals surface area contributed by atoms with Crippen LogP contribution >= 0.6 is 0 Å². The number of nitrogens with zero attached hydrogens (tertiary/aromatic N) is 5. The summed E-state index contributed by atoms with van der Waals surface area (Å²) in [5.41, 5.74) is 1.45. The number of fused-ring (bicyclic) bond motifs is 1. The van der Waals surface area contributed by atoms with Crippen molar-refractivity contribution in [3.8, 4) is 5.88 Å². The molecule has 0 saturated heterocycles. The average molecular weight is 422 g/mol. The fourth-order valence-electron chi connectivity index (χ4n) is 3.17. The Morgan fingerprint density at radius 2 is 2.06 bits per heavy atom. The largest absolute Gasteiger partial charge is 0.493 e. The van der Waals surface area contributed by atoms with Crippen molar-refractivity contribution in [3.05, 3.63) is 68.9 Å². The van der Waals surface area contributed by atoms with Crippen LogP contribution in [0.25, 0.3) is 11.7 Å². The molecule has 4 aromatic rings. The smallest absolute Gasteiger partial charge is 0.326 e. The van der Waals surface area contributed by atoms with Crippen molar-refractivity contribution in [1.82, 2.24) is 29.5 Å². The Bertz CT molecular complexity index is 1430. The summed E-state index contributed by atoms with van der Waals surface area (Å²) in [5.74, 6) is -0.236. The van der Waals surface area contributed by atoms with Crippen LogP contribution in [-0.2, 0) is 0 Å². The second-order valence-corrected chi connectivity index (χ2v) is 7.45. The quantitative estimate of drug-likeness (QED) is 0.375. The number of imidazole rings is 1. The lowest BCUT2D eigenvalue weighted by molar-refractivity contribution is 0.454. The molecule has 1 atom stereocenters. The van der Waals surface area contributed by atoms with E-state index in [9.17, 15) is 14.3 Å². The summed E-state index contributed by atoms with van der Waals surface area (Å²) in [4.78, 5) is 29.9. The Balaban J connectivity index is 1.61. The van der Waals surface area contributed by atoms with Crippen molar-refractivity contribution in [2.75, 3.05) is 5.32 Å². The van der Waals surface area contributed by atoms with Crippen molar-refractivity contribution in [2.45, 2.75) is 31.8 Å². The third-order valence-electron chi connectivity index (χ3n) is 4.97. The van der Waals surface area contributed by atoms with Crippen LogP contribution in [-0.4, -0.2) is 40.7 Å². The summed E-state index contributed by atoms with van der Waals surface area (Å²) < 4.78 is 14.8.